The van der Waals surface area contributed by atoms with Crippen molar-refractivity contribution in [1.82, 2.24) is 0 Å². The lowest BCUT2D eigenvalue weighted by molar-refractivity contribution is 0.338. The van der Waals surface area contributed by atoms with Gasteiger partial charge in [-0.2, -0.15) is 0 Å². The lowest BCUT2D eigenvalue weighted by Gasteiger charge is -2.21. The zero-order valence-corrected chi connectivity index (χ0v) is 21.0. The van der Waals surface area contributed by atoms with Crippen molar-refractivity contribution >= 4 is 32.3 Å². The maximum atomic E-state index is 6.37. The largest absolute Gasteiger partial charge is 0.493 e. The number of fused-ring (bicyclic) bond motifs is 3. The molecule has 0 amide bonds. The van der Waals surface area contributed by atoms with Gasteiger partial charge in [-0.05, 0) is 55.7 Å². The summed E-state index contributed by atoms with van der Waals surface area (Å²) in [4.78, 5) is 0. The van der Waals surface area contributed by atoms with Crippen molar-refractivity contribution in [2.45, 2.75) is 34.1 Å². The van der Waals surface area contributed by atoms with Gasteiger partial charge in [0.25, 0.3) is 0 Å². The quantitative estimate of drug-likeness (QED) is 0.215. The zero-order chi connectivity index (χ0) is 24.4. The molecular formula is C32H32O3. The molecule has 178 valence electrons. The monoisotopic (exact) mass is 464 g/mol. The van der Waals surface area contributed by atoms with Crippen LogP contribution in [0.15, 0.2) is 72.8 Å². The first-order valence-electron chi connectivity index (χ1n) is 12.6. The van der Waals surface area contributed by atoms with E-state index in [1.165, 1.54) is 5.56 Å². The fraction of sp³-hybridized carbons (Fsp3) is 0.250. The highest BCUT2D eigenvalue weighted by Gasteiger charge is 2.22. The van der Waals surface area contributed by atoms with E-state index in [1.54, 1.807) is 0 Å². The summed E-state index contributed by atoms with van der Waals surface area (Å²) in [5.41, 5.74) is 3.48. The van der Waals surface area contributed by atoms with Gasteiger partial charge in [0, 0.05) is 32.7 Å². The number of ether oxygens (including phenoxy) is 3. The van der Waals surface area contributed by atoms with E-state index in [2.05, 4.69) is 73.7 Å². The molecule has 0 spiro atoms. The highest BCUT2D eigenvalue weighted by molar-refractivity contribution is 6.19. The fourth-order valence-corrected chi connectivity index (χ4v) is 5.07. The molecule has 0 unspecified atom stereocenters. The van der Waals surface area contributed by atoms with Gasteiger partial charge in [0.05, 0.1) is 19.8 Å². The van der Waals surface area contributed by atoms with E-state index in [1.807, 2.05) is 26.8 Å². The maximum Gasteiger partial charge on any atom is 0.135 e. The van der Waals surface area contributed by atoms with Crippen LogP contribution in [0.4, 0.5) is 0 Å². The minimum absolute atomic E-state index is 0.581. The van der Waals surface area contributed by atoms with Crippen molar-refractivity contribution in [3.05, 3.63) is 78.4 Å². The van der Waals surface area contributed by atoms with E-state index in [9.17, 15) is 0 Å². The number of rotatable bonds is 8. The third-order valence-corrected chi connectivity index (χ3v) is 6.55. The number of hydrogen-bond donors (Lipinski definition) is 0. The van der Waals surface area contributed by atoms with Crippen molar-refractivity contribution in [2.24, 2.45) is 0 Å². The normalized spacial score (nSPS) is 11.3. The third-order valence-electron chi connectivity index (χ3n) is 6.55. The van der Waals surface area contributed by atoms with Gasteiger partial charge in [0.15, 0.2) is 0 Å². The summed E-state index contributed by atoms with van der Waals surface area (Å²) in [7, 11) is 0. The van der Waals surface area contributed by atoms with Crippen LogP contribution in [0, 0.1) is 0 Å². The molecule has 0 aromatic heterocycles. The minimum atomic E-state index is 0.581. The van der Waals surface area contributed by atoms with Crippen molar-refractivity contribution in [3.8, 4) is 28.4 Å². The summed E-state index contributed by atoms with van der Waals surface area (Å²) in [5.74, 6) is 2.71. The van der Waals surface area contributed by atoms with Crippen LogP contribution in [-0.2, 0) is 6.42 Å². The molecule has 0 heterocycles. The van der Waals surface area contributed by atoms with Crippen molar-refractivity contribution in [3.63, 3.8) is 0 Å². The molecule has 0 atom stereocenters. The molecule has 0 fully saturated rings. The minimum Gasteiger partial charge on any atom is -0.493 e. The van der Waals surface area contributed by atoms with Crippen LogP contribution in [0.25, 0.3) is 43.4 Å². The Labute approximate surface area is 207 Å². The molecule has 0 aliphatic rings. The average molecular weight is 465 g/mol. The molecule has 3 heteroatoms. The zero-order valence-electron chi connectivity index (χ0n) is 21.0. The summed E-state index contributed by atoms with van der Waals surface area (Å²) < 4.78 is 18.8. The second kappa shape index (κ2) is 9.87. The lowest BCUT2D eigenvalue weighted by Crippen LogP contribution is -2.01. The predicted molar refractivity (Wildman–Crippen MR) is 147 cm³/mol. The average Bonchev–Trinajstić information content (AvgIpc) is 2.90. The molecule has 35 heavy (non-hydrogen) atoms. The molecule has 0 aliphatic heterocycles. The van der Waals surface area contributed by atoms with Crippen molar-refractivity contribution < 1.29 is 14.2 Å². The Morgan fingerprint density at radius 3 is 1.74 bits per heavy atom. The van der Waals surface area contributed by atoms with Gasteiger partial charge >= 0.3 is 0 Å². The van der Waals surface area contributed by atoms with E-state index >= 15 is 0 Å². The van der Waals surface area contributed by atoms with Crippen LogP contribution >= 0.6 is 0 Å². The van der Waals surface area contributed by atoms with E-state index in [4.69, 9.17) is 14.2 Å². The van der Waals surface area contributed by atoms with Crippen molar-refractivity contribution in [2.75, 3.05) is 19.8 Å². The molecule has 5 rings (SSSR count). The summed E-state index contributed by atoms with van der Waals surface area (Å²) in [6.45, 7) is 10.1. The second-order valence-electron chi connectivity index (χ2n) is 8.58. The molecule has 0 saturated carbocycles. The Bertz CT molecular complexity index is 1520. The molecule has 0 N–H and O–H groups in total. The van der Waals surface area contributed by atoms with Gasteiger partial charge in [-0.15, -0.1) is 0 Å². The Morgan fingerprint density at radius 1 is 0.514 bits per heavy atom. The molecule has 0 aliphatic carbocycles. The highest BCUT2D eigenvalue weighted by atomic mass is 16.5. The highest BCUT2D eigenvalue weighted by Crippen LogP contribution is 2.49. The fourth-order valence-electron chi connectivity index (χ4n) is 5.07. The van der Waals surface area contributed by atoms with Gasteiger partial charge < -0.3 is 14.2 Å². The summed E-state index contributed by atoms with van der Waals surface area (Å²) in [6.07, 6.45) is 0.971. The van der Waals surface area contributed by atoms with Gasteiger partial charge in [-0.1, -0.05) is 67.6 Å². The number of hydrogen-bond acceptors (Lipinski definition) is 3. The second-order valence-corrected chi connectivity index (χ2v) is 8.58. The van der Waals surface area contributed by atoms with E-state index in [0.29, 0.717) is 19.8 Å². The molecule has 0 saturated heterocycles. The Hall–Kier alpha value is -3.72. The van der Waals surface area contributed by atoms with Crippen LogP contribution < -0.4 is 14.2 Å². The molecule has 0 radical (unpaired) electrons. The molecule has 5 aromatic carbocycles. The van der Waals surface area contributed by atoms with Gasteiger partial charge in [0.1, 0.15) is 17.2 Å². The number of aryl methyl sites for hydroxylation is 1. The topological polar surface area (TPSA) is 27.7 Å². The smallest absolute Gasteiger partial charge is 0.135 e. The van der Waals surface area contributed by atoms with E-state index < -0.39 is 0 Å². The van der Waals surface area contributed by atoms with E-state index in [-0.39, 0.29) is 0 Å². The summed E-state index contributed by atoms with van der Waals surface area (Å²) in [5, 5.41) is 6.67. The molecular weight excluding hydrogens is 432 g/mol. The standard InChI is InChI=1S/C32H32O3/c1-5-21-17-18-24-27(19-21)31(34-7-3)26-16-12-10-14-23(26)30(24)28-20-29(33-6-2)22-13-9-11-15-25(22)32(28)35-8-4/h9-20H,5-8H2,1-4H3. The van der Waals surface area contributed by atoms with Crippen molar-refractivity contribution in [1.29, 1.82) is 0 Å². The SMILES string of the molecule is CCOc1cc(-c2c3ccccc3c(OCC)c3cc(CC)ccc23)c(OCC)c2ccccc12. The van der Waals surface area contributed by atoms with Crippen LogP contribution in [-0.4, -0.2) is 19.8 Å². The van der Waals surface area contributed by atoms with Crippen LogP contribution in [0.3, 0.4) is 0 Å². The first kappa shape index (κ1) is 23.0. The first-order valence-corrected chi connectivity index (χ1v) is 12.6. The van der Waals surface area contributed by atoms with Gasteiger partial charge in [-0.25, -0.2) is 0 Å². The van der Waals surface area contributed by atoms with Gasteiger partial charge in [0.2, 0.25) is 0 Å². The third kappa shape index (κ3) is 3.95. The predicted octanol–water partition coefficient (Wildman–Crippen LogP) is 8.57. The van der Waals surface area contributed by atoms with Crippen LogP contribution in [0.2, 0.25) is 0 Å². The van der Waals surface area contributed by atoms with Gasteiger partial charge in [-0.3, -0.25) is 0 Å². The lowest BCUT2D eigenvalue weighted by atomic mass is 9.88. The summed E-state index contributed by atoms with van der Waals surface area (Å²) >= 11 is 0. The summed E-state index contributed by atoms with van der Waals surface area (Å²) in [6, 6.07) is 25.8. The maximum absolute atomic E-state index is 6.37. The van der Waals surface area contributed by atoms with Crippen LogP contribution in [0.1, 0.15) is 33.3 Å². The Kier molecular flexibility index (Phi) is 6.50. The molecule has 5 aromatic rings. The van der Waals surface area contributed by atoms with E-state index in [0.717, 1.165) is 67.1 Å². The van der Waals surface area contributed by atoms with Crippen LogP contribution in [0.5, 0.6) is 17.2 Å². The number of benzene rings is 5. The Morgan fingerprint density at radius 2 is 1.09 bits per heavy atom. The Balaban J connectivity index is 1.99. The first-order chi connectivity index (χ1) is 17.2. The molecule has 3 nitrogen and oxygen atoms in total. The molecule has 0 bridgehead atoms.